The number of aromatic amines is 1. The third-order valence-corrected chi connectivity index (χ3v) is 7.12. The van der Waals surface area contributed by atoms with E-state index in [0.29, 0.717) is 18.8 Å². The van der Waals surface area contributed by atoms with Crippen LogP contribution in [0.25, 0.3) is 9.88 Å². The van der Waals surface area contributed by atoms with Crippen molar-refractivity contribution >= 4 is 28.6 Å². The van der Waals surface area contributed by atoms with Gasteiger partial charge >= 0.3 is 0 Å². The molecule has 0 bridgehead atoms. The van der Waals surface area contributed by atoms with Crippen molar-refractivity contribution < 1.29 is 9.53 Å². The number of H-pyrrole nitrogens is 1. The van der Waals surface area contributed by atoms with E-state index in [1.54, 1.807) is 11.3 Å². The van der Waals surface area contributed by atoms with Gasteiger partial charge in [-0.05, 0) is 36.3 Å². The maximum absolute atomic E-state index is 12.9. The van der Waals surface area contributed by atoms with Gasteiger partial charge in [0, 0.05) is 18.5 Å². The third-order valence-electron chi connectivity index (χ3n) is 5.24. The van der Waals surface area contributed by atoms with E-state index in [0.717, 1.165) is 41.4 Å². The number of hydrogen-bond donors (Lipinski definition) is 1. The average molecular weight is 387 g/mol. The molecule has 1 saturated heterocycles. The van der Waals surface area contributed by atoms with E-state index in [2.05, 4.69) is 15.2 Å². The molecule has 134 valence electrons. The van der Waals surface area contributed by atoms with Gasteiger partial charge in [-0.15, -0.1) is 22.7 Å². The monoisotopic (exact) mass is 386 g/mol. The van der Waals surface area contributed by atoms with Crippen LogP contribution in [0, 0.1) is 0 Å². The first-order chi connectivity index (χ1) is 12.8. The molecular weight excluding hydrogens is 368 g/mol. The van der Waals surface area contributed by atoms with Gasteiger partial charge in [0.05, 0.1) is 23.4 Å². The fourth-order valence-electron chi connectivity index (χ4n) is 3.84. The number of carbonyl (C=O) groups is 1. The van der Waals surface area contributed by atoms with E-state index in [9.17, 15) is 4.79 Å². The highest BCUT2D eigenvalue weighted by atomic mass is 32.1. The van der Waals surface area contributed by atoms with E-state index < -0.39 is 0 Å². The number of nitrogens with one attached hydrogen (secondary N) is 1. The van der Waals surface area contributed by atoms with Gasteiger partial charge in [0.25, 0.3) is 5.91 Å². The van der Waals surface area contributed by atoms with Gasteiger partial charge in [-0.1, -0.05) is 6.07 Å². The van der Waals surface area contributed by atoms with E-state index in [1.807, 2.05) is 34.0 Å². The minimum absolute atomic E-state index is 0.0135. The van der Waals surface area contributed by atoms with E-state index in [4.69, 9.17) is 4.74 Å². The zero-order chi connectivity index (χ0) is 17.6. The summed E-state index contributed by atoms with van der Waals surface area (Å²) >= 11 is 3.17. The molecule has 0 radical (unpaired) electrons. The summed E-state index contributed by atoms with van der Waals surface area (Å²) in [6.07, 6.45) is 4.38. The van der Waals surface area contributed by atoms with Crippen LogP contribution >= 0.6 is 22.7 Å². The lowest BCUT2D eigenvalue weighted by Gasteiger charge is -2.43. The number of amides is 1. The highest BCUT2D eigenvalue weighted by Crippen LogP contribution is 2.40. The number of ether oxygens (including phenoxy) is 1. The largest absolute Gasteiger partial charge is 0.368 e. The number of nitrogens with zero attached hydrogens (tertiary/aromatic N) is 3. The molecule has 2 aliphatic rings. The van der Waals surface area contributed by atoms with Gasteiger partial charge in [-0.25, -0.2) is 4.98 Å². The summed E-state index contributed by atoms with van der Waals surface area (Å²) in [4.78, 5) is 20.4. The van der Waals surface area contributed by atoms with Crippen molar-refractivity contribution in [3.63, 3.8) is 0 Å². The molecule has 0 atom stereocenters. The SMILES string of the molecule is O=C(c1csc(-c2cccs2)n1)N1CCC2(CC1)OCCc1cn[nH]c12. The van der Waals surface area contributed by atoms with Crippen LogP contribution in [-0.2, 0) is 16.8 Å². The first-order valence-electron chi connectivity index (χ1n) is 8.71. The molecule has 0 aromatic carbocycles. The van der Waals surface area contributed by atoms with E-state index in [-0.39, 0.29) is 11.5 Å². The van der Waals surface area contributed by atoms with Crippen molar-refractivity contribution in [2.24, 2.45) is 0 Å². The van der Waals surface area contributed by atoms with Gasteiger partial charge in [0.1, 0.15) is 16.3 Å². The van der Waals surface area contributed by atoms with Crippen molar-refractivity contribution in [3.05, 3.63) is 46.0 Å². The average Bonchev–Trinajstić information content (AvgIpc) is 3.41. The lowest BCUT2D eigenvalue weighted by molar-refractivity contribution is -0.0962. The molecule has 1 fully saturated rings. The fourth-order valence-corrected chi connectivity index (χ4v) is 5.44. The standard InChI is InChI=1S/C18H18N4O2S2/c23-17(13-11-26-16(20-13)14-2-1-9-25-14)22-6-4-18(5-7-22)15-12(3-8-24-18)10-19-21-15/h1-2,9-11H,3-8H2,(H,19,21). The Balaban J connectivity index is 1.31. The Bertz CT molecular complexity index is 923. The smallest absolute Gasteiger partial charge is 0.273 e. The zero-order valence-electron chi connectivity index (χ0n) is 14.1. The predicted octanol–water partition coefficient (Wildman–Crippen LogP) is 3.30. The number of likely N-dealkylation sites (tertiary alicyclic amines) is 1. The van der Waals surface area contributed by atoms with Gasteiger partial charge in [0.15, 0.2) is 0 Å². The van der Waals surface area contributed by atoms with Crippen LogP contribution < -0.4 is 0 Å². The molecule has 8 heteroatoms. The lowest BCUT2D eigenvalue weighted by atomic mass is 9.83. The summed E-state index contributed by atoms with van der Waals surface area (Å²) in [5, 5.41) is 12.1. The van der Waals surface area contributed by atoms with Crippen molar-refractivity contribution in [1.29, 1.82) is 0 Å². The van der Waals surface area contributed by atoms with Gasteiger partial charge in [0.2, 0.25) is 0 Å². The summed E-state index contributed by atoms with van der Waals surface area (Å²) < 4.78 is 6.16. The van der Waals surface area contributed by atoms with Crippen LogP contribution in [0.2, 0.25) is 0 Å². The first kappa shape index (κ1) is 16.2. The second-order valence-electron chi connectivity index (χ2n) is 6.67. The molecule has 5 rings (SSSR count). The molecule has 3 aromatic heterocycles. The number of hydrogen-bond acceptors (Lipinski definition) is 6. The number of carbonyl (C=O) groups excluding carboxylic acids is 1. The Kier molecular flexibility index (Phi) is 3.91. The molecule has 1 N–H and O–H groups in total. The number of thiazole rings is 1. The van der Waals surface area contributed by atoms with Crippen LogP contribution in [0.3, 0.4) is 0 Å². The number of aromatic nitrogens is 3. The van der Waals surface area contributed by atoms with Crippen LogP contribution in [0.5, 0.6) is 0 Å². The van der Waals surface area contributed by atoms with E-state index >= 15 is 0 Å². The maximum Gasteiger partial charge on any atom is 0.273 e. The maximum atomic E-state index is 12.9. The number of piperidine rings is 1. The van der Waals surface area contributed by atoms with Gasteiger partial charge < -0.3 is 9.64 Å². The van der Waals surface area contributed by atoms with Gasteiger partial charge in [-0.3, -0.25) is 9.89 Å². The summed E-state index contributed by atoms with van der Waals surface area (Å²) in [6, 6.07) is 4.03. The van der Waals surface area contributed by atoms with Gasteiger partial charge in [-0.2, -0.15) is 5.10 Å². The Morgan fingerprint density at radius 2 is 2.19 bits per heavy atom. The highest BCUT2D eigenvalue weighted by Gasteiger charge is 2.43. The molecule has 1 spiro atoms. The second-order valence-corrected chi connectivity index (χ2v) is 8.48. The summed E-state index contributed by atoms with van der Waals surface area (Å²) in [5.74, 6) is 0.0135. The van der Waals surface area contributed by atoms with Crippen LogP contribution in [-0.4, -0.2) is 45.7 Å². The van der Waals surface area contributed by atoms with Crippen molar-refractivity contribution in [2.45, 2.75) is 24.9 Å². The molecule has 0 saturated carbocycles. The minimum Gasteiger partial charge on any atom is -0.368 e. The minimum atomic E-state index is -0.314. The van der Waals surface area contributed by atoms with Crippen LogP contribution in [0.4, 0.5) is 0 Å². The Hall–Kier alpha value is -2.03. The predicted molar refractivity (Wildman–Crippen MR) is 100 cm³/mol. The number of rotatable bonds is 2. The molecule has 2 aliphatic heterocycles. The molecular formula is C18H18N4O2S2. The summed E-state index contributed by atoms with van der Waals surface area (Å²) in [6.45, 7) is 2.06. The molecule has 6 nitrogen and oxygen atoms in total. The Morgan fingerprint density at radius 3 is 3.00 bits per heavy atom. The number of thiophene rings is 1. The van der Waals surface area contributed by atoms with Crippen LogP contribution in [0.1, 0.15) is 34.6 Å². The Labute approximate surface area is 158 Å². The molecule has 5 heterocycles. The number of fused-ring (bicyclic) bond motifs is 2. The normalized spacial score (nSPS) is 18.8. The van der Waals surface area contributed by atoms with Crippen molar-refractivity contribution in [1.82, 2.24) is 20.1 Å². The third kappa shape index (κ3) is 2.60. The van der Waals surface area contributed by atoms with Crippen LogP contribution in [0.15, 0.2) is 29.1 Å². The molecule has 3 aromatic rings. The van der Waals surface area contributed by atoms with Crippen molar-refractivity contribution in [3.8, 4) is 9.88 Å². The summed E-state index contributed by atoms with van der Waals surface area (Å²) in [7, 11) is 0. The molecule has 26 heavy (non-hydrogen) atoms. The quantitative estimate of drug-likeness (QED) is 0.734. The van der Waals surface area contributed by atoms with Crippen molar-refractivity contribution in [2.75, 3.05) is 19.7 Å². The summed E-state index contributed by atoms with van der Waals surface area (Å²) in [5.41, 5.74) is 2.58. The molecule has 1 amide bonds. The fraction of sp³-hybridized carbons (Fsp3) is 0.389. The topological polar surface area (TPSA) is 71.1 Å². The lowest BCUT2D eigenvalue weighted by Crippen LogP contribution is -2.48. The highest BCUT2D eigenvalue weighted by molar-refractivity contribution is 7.20. The first-order valence-corrected chi connectivity index (χ1v) is 10.5. The molecule has 0 unspecified atom stereocenters. The Morgan fingerprint density at radius 1 is 1.31 bits per heavy atom. The zero-order valence-corrected chi connectivity index (χ0v) is 15.7. The van der Waals surface area contributed by atoms with E-state index in [1.165, 1.54) is 16.9 Å². The molecule has 0 aliphatic carbocycles. The second kappa shape index (κ2) is 6.29.